The molecular formula is C39H25N3O2. The Bertz CT molecular complexity index is 2210. The number of hydrogen-bond acceptors (Lipinski definition) is 5. The lowest BCUT2D eigenvalue weighted by molar-refractivity contribution is 0.271. The zero-order valence-corrected chi connectivity index (χ0v) is 23.6. The summed E-state index contributed by atoms with van der Waals surface area (Å²) < 4.78 is 13.0. The van der Waals surface area contributed by atoms with E-state index in [9.17, 15) is 0 Å². The Labute approximate surface area is 253 Å². The molecule has 3 heterocycles. The first-order valence-corrected chi connectivity index (χ1v) is 14.8. The summed E-state index contributed by atoms with van der Waals surface area (Å²) in [5, 5.41) is 2.17. The van der Waals surface area contributed by atoms with Crippen molar-refractivity contribution in [3.63, 3.8) is 0 Å². The highest BCUT2D eigenvalue weighted by Crippen LogP contribution is 2.51. The SMILES string of the molecule is C1=CC2Oc3ccccc3C2C(c2nc(-c3ccccc3)nc(-c3ccccc3)n2)=C1c1cccc2c1oc1ccccc12. The Morgan fingerprint density at radius 2 is 1.18 bits per heavy atom. The molecule has 208 valence electrons. The van der Waals surface area contributed by atoms with Crippen LogP contribution < -0.4 is 4.74 Å². The van der Waals surface area contributed by atoms with E-state index in [0.29, 0.717) is 17.5 Å². The monoisotopic (exact) mass is 567 g/mol. The second-order valence-electron chi connectivity index (χ2n) is 11.1. The maximum Gasteiger partial charge on any atom is 0.164 e. The fourth-order valence-corrected chi connectivity index (χ4v) is 6.54. The van der Waals surface area contributed by atoms with Crippen LogP contribution in [0.15, 0.2) is 144 Å². The summed E-state index contributed by atoms with van der Waals surface area (Å²) in [7, 11) is 0. The lowest BCUT2D eigenvalue weighted by atomic mass is 9.79. The number of ether oxygens (including phenoxy) is 1. The summed E-state index contributed by atoms with van der Waals surface area (Å²) in [6.07, 6.45) is 4.12. The van der Waals surface area contributed by atoms with Crippen LogP contribution in [0.1, 0.15) is 22.9 Å². The molecule has 2 atom stereocenters. The van der Waals surface area contributed by atoms with Gasteiger partial charge in [-0.1, -0.05) is 121 Å². The topological polar surface area (TPSA) is 61.0 Å². The molecule has 44 heavy (non-hydrogen) atoms. The molecule has 5 aromatic carbocycles. The normalized spacial score (nSPS) is 17.1. The highest BCUT2D eigenvalue weighted by atomic mass is 16.5. The summed E-state index contributed by atoms with van der Waals surface area (Å²) in [4.78, 5) is 15.3. The molecule has 0 fully saturated rings. The first kappa shape index (κ1) is 24.8. The second kappa shape index (κ2) is 9.89. The van der Waals surface area contributed by atoms with Gasteiger partial charge in [-0.3, -0.25) is 0 Å². The molecule has 0 spiro atoms. The summed E-state index contributed by atoms with van der Waals surface area (Å²) in [5.74, 6) is 2.65. The van der Waals surface area contributed by atoms with E-state index < -0.39 is 0 Å². The van der Waals surface area contributed by atoms with Gasteiger partial charge in [-0.15, -0.1) is 0 Å². The Kier molecular flexibility index (Phi) is 5.56. The van der Waals surface area contributed by atoms with Gasteiger partial charge < -0.3 is 9.15 Å². The molecule has 2 aromatic heterocycles. The van der Waals surface area contributed by atoms with Crippen molar-refractivity contribution in [2.45, 2.75) is 12.0 Å². The molecule has 5 heteroatoms. The average Bonchev–Trinajstić information content (AvgIpc) is 3.67. The number of benzene rings is 5. The Balaban J connectivity index is 1.37. The van der Waals surface area contributed by atoms with Crippen molar-refractivity contribution in [1.29, 1.82) is 0 Å². The van der Waals surface area contributed by atoms with E-state index in [0.717, 1.165) is 61.1 Å². The van der Waals surface area contributed by atoms with Crippen molar-refractivity contribution in [2.24, 2.45) is 0 Å². The minimum atomic E-state index is -0.182. The quantitative estimate of drug-likeness (QED) is 0.212. The van der Waals surface area contributed by atoms with Crippen LogP contribution in [0.4, 0.5) is 0 Å². The fourth-order valence-electron chi connectivity index (χ4n) is 6.54. The molecule has 0 bridgehead atoms. The summed E-state index contributed by atoms with van der Waals surface area (Å²) in [6, 6.07) is 43.0. The minimum absolute atomic E-state index is 0.111. The number of aromatic nitrogens is 3. The van der Waals surface area contributed by atoms with E-state index in [2.05, 4.69) is 48.6 Å². The van der Waals surface area contributed by atoms with Crippen LogP contribution in [0, 0.1) is 0 Å². The molecule has 2 unspecified atom stereocenters. The molecule has 1 aliphatic heterocycles. The van der Waals surface area contributed by atoms with Crippen molar-refractivity contribution in [1.82, 2.24) is 15.0 Å². The smallest absolute Gasteiger partial charge is 0.164 e. The third-order valence-electron chi connectivity index (χ3n) is 8.53. The number of rotatable bonds is 4. The number of allylic oxidation sites excluding steroid dienone is 2. The van der Waals surface area contributed by atoms with Gasteiger partial charge in [0.15, 0.2) is 17.5 Å². The van der Waals surface area contributed by atoms with Crippen molar-refractivity contribution in [3.8, 4) is 28.5 Å². The number of nitrogens with zero attached hydrogens (tertiary/aromatic N) is 3. The lowest BCUT2D eigenvalue weighted by Crippen LogP contribution is -2.22. The van der Waals surface area contributed by atoms with Gasteiger partial charge in [0, 0.05) is 38.6 Å². The van der Waals surface area contributed by atoms with Gasteiger partial charge in [0.2, 0.25) is 0 Å². The molecule has 9 rings (SSSR count). The lowest BCUT2D eigenvalue weighted by Gasteiger charge is -2.26. The van der Waals surface area contributed by atoms with Crippen LogP contribution in [0.3, 0.4) is 0 Å². The van der Waals surface area contributed by atoms with Crippen molar-refractivity contribution < 1.29 is 9.15 Å². The Morgan fingerprint density at radius 3 is 1.95 bits per heavy atom. The first-order chi connectivity index (χ1) is 21.8. The van der Waals surface area contributed by atoms with Gasteiger partial charge in [-0.2, -0.15) is 0 Å². The second-order valence-corrected chi connectivity index (χ2v) is 11.1. The van der Waals surface area contributed by atoms with Crippen molar-refractivity contribution in [2.75, 3.05) is 0 Å². The van der Waals surface area contributed by atoms with Gasteiger partial charge >= 0.3 is 0 Å². The standard InChI is InChI=1S/C39H25N3O2/c1-3-12-24(13-4-1)37-40-38(25-14-5-2-6-15-25)42-39(41-37)35-27(22-23-33-34(35)30-17-8-10-21-32(30)43-33)29-19-11-18-28-26-16-7-9-20-31(26)44-36(28)29/h1-23,33-34H. The Hall–Kier alpha value is -5.81. The summed E-state index contributed by atoms with van der Waals surface area (Å²) in [5.41, 5.74) is 7.69. The number of furan rings is 1. The Morgan fingerprint density at radius 1 is 0.545 bits per heavy atom. The summed E-state index contributed by atoms with van der Waals surface area (Å²) >= 11 is 0. The maximum atomic E-state index is 6.54. The molecule has 0 radical (unpaired) electrons. The average molecular weight is 568 g/mol. The van der Waals surface area contributed by atoms with Crippen LogP contribution in [0.5, 0.6) is 5.75 Å². The molecule has 0 amide bonds. The fraction of sp³-hybridized carbons (Fsp3) is 0.0513. The van der Waals surface area contributed by atoms with E-state index in [4.69, 9.17) is 24.1 Å². The van der Waals surface area contributed by atoms with Crippen LogP contribution in [0.2, 0.25) is 0 Å². The number of hydrogen-bond donors (Lipinski definition) is 0. The van der Waals surface area contributed by atoms with E-state index in [1.807, 2.05) is 91.0 Å². The van der Waals surface area contributed by atoms with Gasteiger partial charge in [-0.05, 0) is 23.8 Å². The highest BCUT2D eigenvalue weighted by molar-refractivity contribution is 6.12. The number of para-hydroxylation sites is 3. The van der Waals surface area contributed by atoms with Gasteiger partial charge in [0.1, 0.15) is 23.0 Å². The molecule has 5 nitrogen and oxygen atoms in total. The minimum Gasteiger partial charge on any atom is -0.485 e. The zero-order chi connectivity index (χ0) is 29.0. The predicted octanol–water partition coefficient (Wildman–Crippen LogP) is 9.13. The molecule has 2 aliphatic rings. The van der Waals surface area contributed by atoms with Crippen molar-refractivity contribution in [3.05, 3.63) is 156 Å². The first-order valence-electron chi connectivity index (χ1n) is 14.8. The van der Waals surface area contributed by atoms with Crippen LogP contribution in [-0.2, 0) is 0 Å². The predicted molar refractivity (Wildman–Crippen MR) is 174 cm³/mol. The molecule has 0 N–H and O–H groups in total. The molecule has 7 aromatic rings. The van der Waals surface area contributed by atoms with Gasteiger partial charge in [0.05, 0.1) is 5.92 Å². The largest absolute Gasteiger partial charge is 0.485 e. The van der Waals surface area contributed by atoms with E-state index in [1.165, 1.54) is 0 Å². The van der Waals surface area contributed by atoms with E-state index >= 15 is 0 Å². The van der Waals surface area contributed by atoms with Gasteiger partial charge in [-0.25, -0.2) is 15.0 Å². The molecule has 0 saturated heterocycles. The molecular weight excluding hydrogens is 542 g/mol. The zero-order valence-electron chi connectivity index (χ0n) is 23.6. The van der Waals surface area contributed by atoms with E-state index in [-0.39, 0.29) is 12.0 Å². The van der Waals surface area contributed by atoms with Gasteiger partial charge in [0.25, 0.3) is 0 Å². The maximum absolute atomic E-state index is 6.54. The third kappa shape index (κ3) is 3.90. The van der Waals surface area contributed by atoms with E-state index in [1.54, 1.807) is 0 Å². The molecule has 1 aliphatic carbocycles. The molecule has 0 saturated carbocycles. The summed E-state index contributed by atoms with van der Waals surface area (Å²) in [6.45, 7) is 0. The van der Waals surface area contributed by atoms with Crippen LogP contribution in [0.25, 0.3) is 55.9 Å². The van der Waals surface area contributed by atoms with Crippen LogP contribution in [-0.4, -0.2) is 21.1 Å². The third-order valence-corrected chi connectivity index (χ3v) is 8.53. The van der Waals surface area contributed by atoms with Crippen LogP contribution >= 0.6 is 0 Å². The number of fused-ring (bicyclic) bond motifs is 6. The van der Waals surface area contributed by atoms with Crippen molar-refractivity contribution >= 4 is 33.1 Å². The highest BCUT2D eigenvalue weighted by Gasteiger charge is 2.41.